The van der Waals surface area contributed by atoms with Crippen LogP contribution in [-0.2, 0) is 6.54 Å². The minimum atomic E-state index is -0.332. The van der Waals surface area contributed by atoms with Gasteiger partial charge < -0.3 is 5.32 Å². The van der Waals surface area contributed by atoms with Crippen LogP contribution in [0.25, 0.3) is 11.1 Å². The van der Waals surface area contributed by atoms with Crippen molar-refractivity contribution in [3.8, 4) is 11.1 Å². The molecule has 94 valence electrons. The van der Waals surface area contributed by atoms with E-state index in [2.05, 4.69) is 5.32 Å². The Balaban J connectivity index is 2.45. The lowest BCUT2D eigenvalue weighted by molar-refractivity contribution is 0.600. The van der Waals surface area contributed by atoms with E-state index in [-0.39, 0.29) is 11.6 Å². The van der Waals surface area contributed by atoms with Gasteiger partial charge in [-0.05, 0) is 37.7 Å². The number of rotatable bonds is 3. The molecule has 0 saturated carbocycles. The first kappa shape index (κ1) is 12.7. The van der Waals surface area contributed by atoms with Gasteiger partial charge in [0.1, 0.15) is 11.6 Å². The minimum Gasteiger partial charge on any atom is -0.316 e. The quantitative estimate of drug-likeness (QED) is 0.872. The summed E-state index contributed by atoms with van der Waals surface area (Å²) in [7, 11) is 1.76. The highest BCUT2D eigenvalue weighted by molar-refractivity contribution is 5.65. The molecule has 0 atom stereocenters. The molecule has 0 aromatic heterocycles. The fourth-order valence-electron chi connectivity index (χ4n) is 1.91. The van der Waals surface area contributed by atoms with Crippen molar-refractivity contribution in [2.45, 2.75) is 13.5 Å². The molecular weight excluding hydrogens is 232 g/mol. The molecule has 0 aliphatic heterocycles. The van der Waals surface area contributed by atoms with Gasteiger partial charge in [0.15, 0.2) is 0 Å². The average molecular weight is 247 g/mol. The van der Waals surface area contributed by atoms with Crippen LogP contribution < -0.4 is 5.32 Å². The summed E-state index contributed by atoms with van der Waals surface area (Å²) in [5.74, 6) is -0.649. The zero-order valence-corrected chi connectivity index (χ0v) is 10.4. The molecule has 2 rings (SSSR count). The molecule has 18 heavy (non-hydrogen) atoms. The number of aryl methyl sites for hydroxylation is 1. The number of halogens is 2. The Kier molecular flexibility index (Phi) is 3.72. The molecular formula is C15H15F2N. The summed E-state index contributed by atoms with van der Waals surface area (Å²) in [6.45, 7) is 2.34. The molecule has 0 aliphatic rings. The van der Waals surface area contributed by atoms with E-state index in [0.717, 1.165) is 5.56 Å². The van der Waals surface area contributed by atoms with Gasteiger partial charge in [-0.15, -0.1) is 0 Å². The second-order valence-corrected chi connectivity index (χ2v) is 4.32. The molecule has 0 radical (unpaired) electrons. The van der Waals surface area contributed by atoms with Gasteiger partial charge in [-0.1, -0.05) is 23.8 Å². The van der Waals surface area contributed by atoms with Gasteiger partial charge in [-0.2, -0.15) is 0 Å². The molecule has 0 unspecified atom stereocenters. The van der Waals surface area contributed by atoms with E-state index >= 15 is 0 Å². The Labute approximate surface area is 105 Å². The van der Waals surface area contributed by atoms with Crippen LogP contribution in [0.4, 0.5) is 8.78 Å². The van der Waals surface area contributed by atoms with Crippen molar-refractivity contribution < 1.29 is 8.78 Å². The zero-order valence-electron chi connectivity index (χ0n) is 10.4. The molecule has 0 saturated heterocycles. The summed E-state index contributed by atoms with van der Waals surface area (Å²) in [5.41, 5.74) is 2.53. The van der Waals surface area contributed by atoms with Crippen LogP contribution in [0.5, 0.6) is 0 Å². The maximum Gasteiger partial charge on any atom is 0.131 e. The SMILES string of the molecule is CNCc1ccc(-c2cc(C)ccc2F)cc1F. The largest absolute Gasteiger partial charge is 0.316 e. The summed E-state index contributed by atoms with van der Waals surface area (Å²) in [6, 6.07) is 9.64. The standard InChI is InChI=1S/C15H15F2N/c1-10-3-6-14(16)13(7-10)11-4-5-12(9-18-2)15(17)8-11/h3-8,18H,9H2,1-2H3. The first-order chi connectivity index (χ1) is 8.61. The highest BCUT2D eigenvalue weighted by Crippen LogP contribution is 2.25. The predicted molar refractivity (Wildman–Crippen MR) is 69.3 cm³/mol. The highest BCUT2D eigenvalue weighted by Gasteiger charge is 2.08. The lowest BCUT2D eigenvalue weighted by Crippen LogP contribution is -2.06. The Morgan fingerprint density at radius 3 is 2.44 bits per heavy atom. The number of hydrogen-bond acceptors (Lipinski definition) is 1. The molecule has 2 aromatic rings. The third kappa shape index (κ3) is 2.57. The molecule has 0 bridgehead atoms. The molecule has 2 aromatic carbocycles. The fraction of sp³-hybridized carbons (Fsp3) is 0.200. The lowest BCUT2D eigenvalue weighted by Gasteiger charge is -2.08. The second kappa shape index (κ2) is 5.27. The predicted octanol–water partition coefficient (Wildman–Crippen LogP) is 3.66. The summed E-state index contributed by atoms with van der Waals surface area (Å²) in [6.07, 6.45) is 0. The van der Waals surface area contributed by atoms with Gasteiger partial charge >= 0.3 is 0 Å². The van der Waals surface area contributed by atoms with Crippen molar-refractivity contribution >= 4 is 0 Å². The molecule has 0 heterocycles. The Hall–Kier alpha value is -1.74. The van der Waals surface area contributed by atoms with Crippen LogP contribution in [0.2, 0.25) is 0 Å². The van der Waals surface area contributed by atoms with E-state index in [1.165, 1.54) is 12.1 Å². The normalized spacial score (nSPS) is 10.7. The Morgan fingerprint density at radius 2 is 1.78 bits per heavy atom. The number of nitrogens with one attached hydrogen (secondary N) is 1. The van der Waals surface area contributed by atoms with Gasteiger partial charge in [0.25, 0.3) is 0 Å². The molecule has 1 nitrogen and oxygen atoms in total. The van der Waals surface area contributed by atoms with E-state index in [4.69, 9.17) is 0 Å². The highest BCUT2D eigenvalue weighted by atomic mass is 19.1. The van der Waals surface area contributed by atoms with Crippen LogP contribution in [0.15, 0.2) is 36.4 Å². The van der Waals surface area contributed by atoms with Crippen molar-refractivity contribution in [3.63, 3.8) is 0 Å². The van der Waals surface area contributed by atoms with Gasteiger partial charge in [-0.25, -0.2) is 8.78 Å². The number of benzene rings is 2. The average Bonchev–Trinajstić information content (AvgIpc) is 2.35. The van der Waals surface area contributed by atoms with E-state index in [1.54, 1.807) is 31.3 Å². The van der Waals surface area contributed by atoms with Crippen molar-refractivity contribution in [1.29, 1.82) is 0 Å². The van der Waals surface area contributed by atoms with Crippen LogP contribution in [-0.4, -0.2) is 7.05 Å². The Bertz CT molecular complexity index is 564. The third-order valence-corrected chi connectivity index (χ3v) is 2.85. The van der Waals surface area contributed by atoms with Crippen molar-refractivity contribution in [2.75, 3.05) is 7.05 Å². The molecule has 1 N–H and O–H groups in total. The van der Waals surface area contributed by atoms with E-state index in [9.17, 15) is 8.78 Å². The summed E-state index contributed by atoms with van der Waals surface area (Å²) < 4.78 is 27.5. The molecule has 0 amide bonds. The maximum atomic E-state index is 13.8. The summed E-state index contributed by atoms with van der Waals surface area (Å²) >= 11 is 0. The summed E-state index contributed by atoms with van der Waals surface area (Å²) in [5, 5.41) is 2.89. The topological polar surface area (TPSA) is 12.0 Å². The molecule has 0 fully saturated rings. The molecule has 3 heteroatoms. The second-order valence-electron chi connectivity index (χ2n) is 4.32. The third-order valence-electron chi connectivity index (χ3n) is 2.85. The van der Waals surface area contributed by atoms with Crippen LogP contribution in [0.3, 0.4) is 0 Å². The van der Waals surface area contributed by atoms with Crippen LogP contribution in [0.1, 0.15) is 11.1 Å². The van der Waals surface area contributed by atoms with Crippen LogP contribution >= 0.6 is 0 Å². The lowest BCUT2D eigenvalue weighted by atomic mass is 10.0. The van der Waals surface area contributed by atoms with Gasteiger partial charge in [0.05, 0.1) is 0 Å². The first-order valence-electron chi connectivity index (χ1n) is 5.81. The van der Waals surface area contributed by atoms with Crippen molar-refractivity contribution in [2.24, 2.45) is 0 Å². The van der Waals surface area contributed by atoms with Gasteiger partial charge in [0.2, 0.25) is 0 Å². The van der Waals surface area contributed by atoms with Crippen LogP contribution in [0, 0.1) is 18.6 Å². The van der Waals surface area contributed by atoms with Crippen molar-refractivity contribution in [3.05, 3.63) is 59.2 Å². The Morgan fingerprint density at radius 1 is 1.00 bits per heavy atom. The number of hydrogen-bond donors (Lipinski definition) is 1. The molecule has 0 spiro atoms. The summed E-state index contributed by atoms with van der Waals surface area (Å²) in [4.78, 5) is 0. The molecule has 0 aliphatic carbocycles. The first-order valence-corrected chi connectivity index (χ1v) is 5.81. The van der Waals surface area contributed by atoms with Gasteiger partial charge in [0, 0.05) is 17.7 Å². The maximum absolute atomic E-state index is 13.8. The monoisotopic (exact) mass is 247 g/mol. The zero-order chi connectivity index (χ0) is 13.1. The smallest absolute Gasteiger partial charge is 0.131 e. The van der Waals surface area contributed by atoms with E-state index in [1.807, 2.05) is 6.92 Å². The van der Waals surface area contributed by atoms with Crippen molar-refractivity contribution in [1.82, 2.24) is 5.32 Å². The van der Waals surface area contributed by atoms with E-state index < -0.39 is 0 Å². The fourth-order valence-corrected chi connectivity index (χ4v) is 1.91. The minimum absolute atomic E-state index is 0.317. The van der Waals surface area contributed by atoms with E-state index in [0.29, 0.717) is 23.2 Å². The van der Waals surface area contributed by atoms with Gasteiger partial charge in [-0.3, -0.25) is 0 Å².